The molecule has 0 aliphatic rings. The highest BCUT2D eigenvalue weighted by molar-refractivity contribution is 5.88. The van der Waals surface area contributed by atoms with E-state index in [1.54, 1.807) is 13.8 Å². The third kappa shape index (κ3) is 5.03. The number of carbonyl (C=O) groups is 1. The second kappa shape index (κ2) is 8.98. The summed E-state index contributed by atoms with van der Waals surface area (Å²) in [5.74, 6) is -0.558. The van der Waals surface area contributed by atoms with Crippen LogP contribution in [0.4, 0.5) is 0 Å². The van der Waals surface area contributed by atoms with E-state index in [-0.39, 0.29) is 17.9 Å². The summed E-state index contributed by atoms with van der Waals surface area (Å²) < 4.78 is 10.5. The molecule has 0 radical (unpaired) electrons. The molecular weight excluding hydrogens is 308 g/mol. The molecule has 0 saturated carbocycles. The van der Waals surface area contributed by atoms with Gasteiger partial charge in [0.05, 0.1) is 18.9 Å². The van der Waals surface area contributed by atoms with E-state index in [1.807, 2.05) is 30.3 Å². The van der Waals surface area contributed by atoms with Crippen molar-refractivity contribution in [3.63, 3.8) is 0 Å². The van der Waals surface area contributed by atoms with Crippen molar-refractivity contribution in [2.24, 2.45) is 0 Å². The summed E-state index contributed by atoms with van der Waals surface area (Å²) in [6, 6.07) is 9.91. The molecule has 2 rings (SSSR count). The molecule has 0 bridgehead atoms. The number of hydrogen-bond acceptors (Lipinski definition) is 5. The van der Waals surface area contributed by atoms with E-state index >= 15 is 0 Å². The zero-order valence-electron chi connectivity index (χ0n) is 14.0. The predicted octanol–water partition coefficient (Wildman–Crippen LogP) is 2.40. The summed E-state index contributed by atoms with van der Waals surface area (Å²) in [6.07, 6.45) is 1.18. The number of H-pyrrole nitrogens is 1. The third-order valence-corrected chi connectivity index (χ3v) is 3.46. The Labute approximate surface area is 140 Å². The number of aryl methyl sites for hydroxylation is 2. The van der Waals surface area contributed by atoms with Crippen molar-refractivity contribution in [1.82, 2.24) is 9.97 Å². The van der Waals surface area contributed by atoms with Crippen molar-refractivity contribution in [1.29, 1.82) is 0 Å². The van der Waals surface area contributed by atoms with E-state index in [4.69, 9.17) is 9.47 Å². The summed E-state index contributed by atoms with van der Waals surface area (Å²) in [4.78, 5) is 30.5. The van der Waals surface area contributed by atoms with Crippen molar-refractivity contribution in [2.75, 3.05) is 13.2 Å². The molecule has 1 heterocycles. The molecule has 128 valence electrons. The number of aromatic nitrogens is 2. The molecule has 6 nitrogen and oxygen atoms in total. The number of nitrogens with zero attached hydrogens (tertiary/aromatic N) is 1. The van der Waals surface area contributed by atoms with Crippen LogP contribution in [0.3, 0.4) is 0 Å². The van der Waals surface area contributed by atoms with Gasteiger partial charge in [-0.1, -0.05) is 30.3 Å². The van der Waals surface area contributed by atoms with Gasteiger partial charge in [0, 0.05) is 6.61 Å². The van der Waals surface area contributed by atoms with Gasteiger partial charge in [0.15, 0.2) is 0 Å². The second-order valence-corrected chi connectivity index (χ2v) is 5.34. The van der Waals surface area contributed by atoms with Gasteiger partial charge >= 0.3 is 5.97 Å². The van der Waals surface area contributed by atoms with Crippen LogP contribution in [0.1, 0.15) is 40.8 Å². The summed E-state index contributed by atoms with van der Waals surface area (Å²) in [5, 5.41) is 0. The first-order valence-electron chi connectivity index (χ1n) is 8.00. The minimum Gasteiger partial charge on any atom is -0.461 e. The highest BCUT2D eigenvalue weighted by Gasteiger charge is 2.14. The SMILES string of the molecule is CCOC(=O)c1[nH]c(=O)c(CCCOCc2ccccc2)nc1C. The maximum Gasteiger partial charge on any atom is 0.356 e. The van der Waals surface area contributed by atoms with Crippen molar-refractivity contribution in [3.05, 3.63) is 63.3 Å². The molecule has 0 unspecified atom stereocenters. The van der Waals surface area contributed by atoms with E-state index in [9.17, 15) is 9.59 Å². The normalized spacial score (nSPS) is 10.6. The molecule has 0 atom stereocenters. The fourth-order valence-corrected chi connectivity index (χ4v) is 2.26. The summed E-state index contributed by atoms with van der Waals surface area (Å²) >= 11 is 0. The molecule has 0 aliphatic heterocycles. The van der Waals surface area contributed by atoms with Crippen molar-refractivity contribution in [2.45, 2.75) is 33.3 Å². The van der Waals surface area contributed by atoms with Gasteiger partial charge in [0.25, 0.3) is 5.56 Å². The van der Waals surface area contributed by atoms with Crippen molar-refractivity contribution in [3.8, 4) is 0 Å². The minimum atomic E-state index is -0.558. The van der Waals surface area contributed by atoms with Crippen LogP contribution in [0.5, 0.6) is 0 Å². The summed E-state index contributed by atoms with van der Waals surface area (Å²) in [6.45, 7) is 4.72. The smallest absolute Gasteiger partial charge is 0.356 e. The van der Waals surface area contributed by atoms with Crippen LogP contribution in [-0.4, -0.2) is 29.2 Å². The number of rotatable bonds is 8. The molecule has 0 fully saturated rings. The van der Waals surface area contributed by atoms with Gasteiger partial charge in [0.1, 0.15) is 11.4 Å². The molecule has 24 heavy (non-hydrogen) atoms. The Morgan fingerprint density at radius 1 is 1.25 bits per heavy atom. The van der Waals surface area contributed by atoms with E-state index in [2.05, 4.69) is 9.97 Å². The average Bonchev–Trinajstić information content (AvgIpc) is 2.58. The lowest BCUT2D eigenvalue weighted by molar-refractivity contribution is 0.0517. The Balaban J connectivity index is 1.85. The maximum absolute atomic E-state index is 12.0. The van der Waals surface area contributed by atoms with Gasteiger partial charge in [-0.2, -0.15) is 0 Å². The largest absolute Gasteiger partial charge is 0.461 e. The Kier molecular flexibility index (Phi) is 6.69. The average molecular weight is 330 g/mol. The van der Waals surface area contributed by atoms with Crippen LogP contribution >= 0.6 is 0 Å². The second-order valence-electron chi connectivity index (χ2n) is 5.34. The molecular formula is C18H22N2O4. The monoisotopic (exact) mass is 330 g/mol. The minimum absolute atomic E-state index is 0.117. The van der Waals surface area contributed by atoms with E-state index in [1.165, 1.54) is 0 Å². The van der Waals surface area contributed by atoms with Crippen LogP contribution in [-0.2, 0) is 22.5 Å². The number of hydrogen-bond donors (Lipinski definition) is 1. The zero-order chi connectivity index (χ0) is 17.4. The van der Waals surface area contributed by atoms with Crippen molar-refractivity contribution < 1.29 is 14.3 Å². The van der Waals surface area contributed by atoms with Gasteiger partial charge in [0.2, 0.25) is 0 Å². The molecule has 0 amide bonds. The van der Waals surface area contributed by atoms with Crippen LogP contribution in [0.15, 0.2) is 35.1 Å². The van der Waals surface area contributed by atoms with Gasteiger partial charge in [-0.25, -0.2) is 9.78 Å². The number of ether oxygens (including phenoxy) is 2. The van der Waals surface area contributed by atoms with Crippen LogP contribution in [0.25, 0.3) is 0 Å². The molecule has 6 heteroatoms. The Morgan fingerprint density at radius 3 is 2.71 bits per heavy atom. The van der Waals surface area contributed by atoms with Gasteiger partial charge in [-0.05, 0) is 32.3 Å². The lowest BCUT2D eigenvalue weighted by Crippen LogP contribution is -2.23. The van der Waals surface area contributed by atoms with E-state index in [0.29, 0.717) is 37.4 Å². The van der Waals surface area contributed by atoms with Crippen LogP contribution in [0, 0.1) is 6.92 Å². The lowest BCUT2D eigenvalue weighted by atomic mass is 10.2. The third-order valence-electron chi connectivity index (χ3n) is 3.46. The highest BCUT2D eigenvalue weighted by Crippen LogP contribution is 2.05. The van der Waals surface area contributed by atoms with E-state index in [0.717, 1.165) is 5.56 Å². The maximum atomic E-state index is 12.0. The van der Waals surface area contributed by atoms with Gasteiger partial charge in [-0.3, -0.25) is 4.79 Å². The van der Waals surface area contributed by atoms with Crippen LogP contribution < -0.4 is 5.56 Å². The fraction of sp³-hybridized carbons (Fsp3) is 0.389. The molecule has 1 N–H and O–H groups in total. The standard InChI is InChI=1S/C18H22N2O4/c1-3-24-18(22)16-13(2)19-15(17(21)20-16)10-7-11-23-12-14-8-5-4-6-9-14/h4-6,8-9H,3,7,10-12H2,1-2H3,(H,20,21). The molecule has 1 aromatic heterocycles. The molecule has 2 aromatic rings. The number of aromatic amines is 1. The number of benzene rings is 1. The zero-order valence-corrected chi connectivity index (χ0v) is 14.0. The first-order chi connectivity index (χ1) is 11.6. The quantitative estimate of drug-likeness (QED) is 0.594. The topological polar surface area (TPSA) is 81.3 Å². The predicted molar refractivity (Wildman–Crippen MR) is 90.0 cm³/mol. The van der Waals surface area contributed by atoms with Crippen LogP contribution in [0.2, 0.25) is 0 Å². The summed E-state index contributed by atoms with van der Waals surface area (Å²) in [7, 11) is 0. The molecule has 1 aromatic carbocycles. The summed E-state index contributed by atoms with van der Waals surface area (Å²) in [5.41, 5.74) is 1.75. The Morgan fingerprint density at radius 2 is 2.00 bits per heavy atom. The first kappa shape index (κ1) is 17.9. The first-order valence-corrected chi connectivity index (χ1v) is 8.00. The Bertz CT molecular complexity index is 726. The molecule has 0 spiro atoms. The van der Waals surface area contributed by atoms with Crippen molar-refractivity contribution >= 4 is 5.97 Å². The van der Waals surface area contributed by atoms with Gasteiger partial charge in [-0.15, -0.1) is 0 Å². The number of carbonyl (C=O) groups excluding carboxylic acids is 1. The molecule has 0 saturated heterocycles. The van der Waals surface area contributed by atoms with E-state index < -0.39 is 5.97 Å². The molecule has 0 aliphatic carbocycles. The number of nitrogens with one attached hydrogen (secondary N) is 1. The Hall–Kier alpha value is -2.47. The highest BCUT2D eigenvalue weighted by atomic mass is 16.5. The van der Waals surface area contributed by atoms with Gasteiger partial charge < -0.3 is 14.5 Å². The number of esters is 1. The lowest BCUT2D eigenvalue weighted by Gasteiger charge is -2.07. The fourth-order valence-electron chi connectivity index (χ4n) is 2.26.